The third-order valence-electron chi connectivity index (χ3n) is 3.16. The number of hydrogen-bond donors (Lipinski definition) is 1. The molecule has 2 rings (SSSR count). The fourth-order valence-corrected chi connectivity index (χ4v) is 3.66. The first kappa shape index (κ1) is 14.8. The number of halogens is 1. The fraction of sp³-hybridized carbons (Fsp3) is 0.455. The predicted octanol–water partition coefficient (Wildman–Crippen LogP) is 0.879. The highest BCUT2D eigenvalue weighted by molar-refractivity contribution is 7.89. The molecule has 0 radical (unpaired) electrons. The van der Waals surface area contributed by atoms with Crippen molar-refractivity contribution < 1.29 is 22.8 Å². The van der Waals surface area contributed by atoms with E-state index in [0.717, 1.165) is 16.4 Å². The van der Waals surface area contributed by atoms with Crippen LogP contribution in [0.2, 0.25) is 0 Å². The number of sulfonamides is 1. The van der Waals surface area contributed by atoms with Crippen LogP contribution in [0.5, 0.6) is 0 Å². The normalized spacial score (nSPS) is 23.9. The molecule has 9 heteroatoms. The van der Waals surface area contributed by atoms with E-state index in [9.17, 15) is 28.0 Å². The topological polar surface area (TPSA) is 101 Å². The molecule has 1 atom stereocenters. The van der Waals surface area contributed by atoms with Crippen molar-refractivity contribution in [3.05, 3.63) is 34.1 Å². The van der Waals surface area contributed by atoms with Crippen LogP contribution in [-0.2, 0) is 10.0 Å². The van der Waals surface area contributed by atoms with Gasteiger partial charge in [0.1, 0.15) is 10.7 Å². The number of nitro benzene ring substituents is 1. The van der Waals surface area contributed by atoms with Gasteiger partial charge in [-0.3, -0.25) is 10.1 Å². The molecule has 0 saturated carbocycles. The first-order valence-corrected chi connectivity index (χ1v) is 7.24. The molecule has 1 aliphatic heterocycles. The molecule has 1 aliphatic rings. The van der Waals surface area contributed by atoms with Gasteiger partial charge in [0, 0.05) is 19.2 Å². The van der Waals surface area contributed by atoms with Gasteiger partial charge in [0.2, 0.25) is 10.0 Å². The van der Waals surface area contributed by atoms with Gasteiger partial charge < -0.3 is 5.11 Å². The van der Waals surface area contributed by atoms with Crippen LogP contribution in [0.4, 0.5) is 10.1 Å². The van der Waals surface area contributed by atoms with Crippen LogP contribution < -0.4 is 0 Å². The second-order valence-electron chi connectivity index (χ2n) is 4.96. The van der Waals surface area contributed by atoms with E-state index in [-0.39, 0.29) is 19.5 Å². The van der Waals surface area contributed by atoms with Crippen LogP contribution in [0.15, 0.2) is 23.1 Å². The van der Waals surface area contributed by atoms with Crippen LogP contribution in [0, 0.1) is 15.9 Å². The summed E-state index contributed by atoms with van der Waals surface area (Å²) >= 11 is 0. The van der Waals surface area contributed by atoms with Crippen molar-refractivity contribution >= 4 is 15.7 Å². The number of rotatable bonds is 3. The Morgan fingerprint density at radius 3 is 2.60 bits per heavy atom. The maximum Gasteiger partial charge on any atom is 0.272 e. The average Bonchev–Trinajstić information content (AvgIpc) is 2.69. The number of β-amino-alcohol motifs (C(OH)–C–C–N with tert-alkyl or cyclic N) is 1. The predicted molar refractivity (Wildman–Crippen MR) is 67.1 cm³/mol. The van der Waals surface area contributed by atoms with Crippen LogP contribution in [0.1, 0.15) is 13.3 Å². The van der Waals surface area contributed by atoms with Gasteiger partial charge in [-0.2, -0.15) is 4.31 Å². The third-order valence-corrected chi connectivity index (χ3v) is 5.04. The first-order valence-electron chi connectivity index (χ1n) is 5.80. The van der Waals surface area contributed by atoms with Crippen molar-refractivity contribution in [2.24, 2.45) is 0 Å². The summed E-state index contributed by atoms with van der Waals surface area (Å²) in [5.74, 6) is -1.18. The van der Waals surface area contributed by atoms with Gasteiger partial charge in [0.15, 0.2) is 0 Å². The lowest BCUT2D eigenvalue weighted by Crippen LogP contribution is -2.34. The third kappa shape index (κ3) is 2.65. The zero-order chi connectivity index (χ0) is 15.1. The van der Waals surface area contributed by atoms with E-state index in [1.54, 1.807) is 0 Å². The summed E-state index contributed by atoms with van der Waals surface area (Å²) in [6.45, 7) is 1.44. The summed E-state index contributed by atoms with van der Waals surface area (Å²) < 4.78 is 39.2. The lowest BCUT2D eigenvalue weighted by atomic mass is 10.1. The Morgan fingerprint density at radius 1 is 1.50 bits per heavy atom. The molecule has 0 aliphatic carbocycles. The van der Waals surface area contributed by atoms with E-state index in [0.29, 0.717) is 6.07 Å². The van der Waals surface area contributed by atoms with Crippen molar-refractivity contribution in [1.29, 1.82) is 0 Å². The lowest BCUT2D eigenvalue weighted by molar-refractivity contribution is -0.385. The highest BCUT2D eigenvalue weighted by Crippen LogP contribution is 2.29. The second kappa shape index (κ2) is 4.76. The minimum absolute atomic E-state index is 0.0752. The van der Waals surface area contributed by atoms with E-state index in [2.05, 4.69) is 0 Å². The summed E-state index contributed by atoms with van der Waals surface area (Å²) in [6, 6.07) is 2.38. The number of hydrogen-bond acceptors (Lipinski definition) is 5. The number of nitro groups is 1. The van der Waals surface area contributed by atoms with Gasteiger partial charge in [-0.05, 0) is 19.4 Å². The van der Waals surface area contributed by atoms with Gasteiger partial charge in [0.25, 0.3) is 5.69 Å². The Bertz CT molecular complexity index is 659. The van der Waals surface area contributed by atoms with Crippen molar-refractivity contribution in [3.8, 4) is 0 Å². The summed E-state index contributed by atoms with van der Waals surface area (Å²) in [5.41, 5.74) is -1.67. The maximum atomic E-state index is 13.8. The molecule has 0 aromatic heterocycles. The number of non-ortho nitro benzene ring substituents is 1. The molecule has 1 N–H and O–H groups in total. The minimum atomic E-state index is -4.11. The molecule has 0 amide bonds. The molecule has 1 aromatic carbocycles. The summed E-state index contributed by atoms with van der Waals surface area (Å²) in [5, 5.41) is 20.3. The standard InChI is InChI=1S/C11H13FN2O5S/c1-11(15)4-5-13(7-11)20(18,19)10-3-2-8(14(16)17)6-9(10)12/h2-3,6,15H,4-5,7H2,1H3. The van der Waals surface area contributed by atoms with Gasteiger partial charge in [-0.1, -0.05) is 0 Å². The lowest BCUT2D eigenvalue weighted by Gasteiger charge is -2.19. The highest BCUT2D eigenvalue weighted by Gasteiger charge is 2.39. The largest absolute Gasteiger partial charge is 0.389 e. The van der Waals surface area contributed by atoms with E-state index < -0.39 is 36.9 Å². The molecular formula is C11H13FN2O5S. The Kier molecular flexibility index (Phi) is 3.53. The number of benzene rings is 1. The van der Waals surface area contributed by atoms with Crippen LogP contribution in [0.25, 0.3) is 0 Å². The molecule has 20 heavy (non-hydrogen) atoms. The van der Waals surface area contributed by atoms with Crippen molar-refractivity contribution in [2.45, 2.75) is 23.8 Å². The molecule has 0 bridgehead atoms. The minimum Gasteiger partial charge on any atom is -0.389 e. The maximum absolute atomic E-state index is 13.8. The van der Waals surface area contributed by atoms with E-state index in [1.807, 2.05) is 0 Å². The molecular weight excluding hydrogens is 291 g/mol. The van der Waals surface area contributed by atoms with Gasteiger partial charge >= 0.3 is 0 Å². The van der Waals surface area contributed by atoms with Crippen LogP contribution in [0.3, 0.4) is 0 Å². The zero-order valence-electron chi connectivity index (χ0n) is 10.6. The monoisotopic (exact) mass is 304 g/mol. The summed E-state index contributed by atoms with van der Waals surface area (Å²) in [4.78, 5) is 9.07. The zero-order valence-corrected chi connectivity index (χ0v) is 11.4. The Morgan fingerprint density at radius 2 is 2.15 bits per heavy atom. The Balaban J connectivity index is 2.38. The van der Waals surface area contributed by atoms with E-state index in [4.69, 9.17) is 0 Å². The molecule has 110 valence electrons. The van der Waals surface area contributed by atoms with E-state index in [1.165, 1.54) is 6.92 Å². The summed E-state index contributed by atoms with van der Waals surface area (Å²) in [6.07, 6.45) is 0.251. The van der Waals surface area contributed by atoms with Crippen molar-refractivity contribution in [3.63, 3.8) is 0 Å². The summed E-state index contributed by atoms with van der Waals surface area (Å²) in [7, 11) is -4.11. The second-order valence-corrected chi connectivity index (χ2v) is 6.86. The Labute approximate surface area is 114 Å². The van der Waals surface area contributed by atoms with Crippen LogP contribution in [-0.4, -0.2) is 41.4 Å². The number of aliphatic hydroxyl groups is 1. The molecule has 1 saturated heterocycles. The quantitative estimate of drug-likeness (QED) is 0.660. The SMILES string of the molecule is CC1(O)CCN(S(=O)(=O)c2ccc([N+](=O)[O-])cc2F)C1. The highest BCUT2D eigenvalue weighted by atomic mass is 32.2. The van der Waals surface area contributed by atoms with Crippen LogP contribution >= 0.6 is 0 Å². The number of nitrogens with zero attached hydrogens (tertiary/aromatic N) is 2. The van der Waals surface area contributed by atoms with Gasteiger partial charge in [-0.25, -0.2) is 12.8 Å². The van der Waals surface area contributed by atoms with Crippen molar-refractivity contribution in [1.82, 2.24) is 4.31 Å². The van der Waals surface area contributed by atoms with Gasteiger partial charge in [-0.15, -0.1) is 0 Å². The average molecular weight is 304 g/mol. The van der Waals surface area contributed by atoms with E-state index >= 15 is 0 Å². The molecule has 1 heterocycles. The Hall–Kier alpha value is -1.58. The smallest absolute Gasteiger partial charge is 0.272 e. The van der Waals surface area contributed by atoms with Crippen molar-refractivity contribution in [2.75, 3.05) is 13.1 Å². The molecule has 1 fully saturated rings. The first-order chi connectivity index (χ1) is 9.13. The van der Waals surface area contributed by atoms with Gasteiger partial charge in [0.05, 0.1) is 16.6 Å². The fourth-order valence-electron chi connectivity index (χ4n) is 2.06. The molecule has 1 unspecified atom stereocenters. The molecule has 7 nitrogen and oxygen atoms in total. The molecule has 1 aromatic rings. The molecule has 0 spiro atoms.